The molecule has 0 fully saturated rings. The molecule has 0 radical (unpaired) electrons. The van der Waals surface area contributed by atoms with E-state index >= 15 is 0 Å². The first-order chi connectivity index (χ1) is 7.69. The topological polar surface area (TPSA) is 35.2 Å². The van der Waals surface area contributed by atoms with Crippen LogP contribution in [-0.2, 0) is 0 Å². The minimum atomic E-state index is 0.130. The van der Waals surface area contributed by atoms with Crippen LogP contribution < -0.4 is 10.5 Å². The summed E-state index contributed by atoms with van der Waals surface area (Å²) in [5.74, 6) is 1.45. The molecule has 0 aliphatic carbocycles. The lowest BCUT2D eigenvalue weighted by atomic mass is 9.93. The quantitative estimate of drug-likeness (QED) is 0.797. The molecule has 0 spiro atoms. The van der Waals surface area contributed by atoms with Crippen LogP contribution in [0.4, 0.5) is 0 Å². The number of ether oxygens (including phenoxy) is 1. The van der Waals surface area contributed by atoms with Crippen molar-refractivity contribution in [3.8, 4) is 5.75 Å². The fourth-order valence-electron chi connectivity index (χ4n) is 1.59. The average molecular weight is 221 g/mol. The number of nitrogens with two attached hydrogens (primary N) is 1. The van der Waals surface area contributed by atoms with Crippen LogP contribution in [0.5, 0.6) is 5.75 Å². The second-order valence-electron chi connectivity index (χ2n) is 4.33. The summed E-state index contributed by atoms with van der Waals surface area (Å²) in [6.07, 6.45) is 2.14. The second-order valence-corrected chi connectivity index (χ2v) is 4.33. The minimum Gasteiger partial charge on any atom is -0.494 e. The normalized spacial score (nSPS) is 14.5. The van der Waals surface area contributed by atoms with Gasteiger partial charge in [-0.15, -0.1) is 0 Å². The number of benzene rings is 1. The van der Waals surface area contributed by atoms with Gasteiger partial charge in [0.15, 0.2) is 0 Å². The predicted molar refractivity (Wildman–Crippen MR) is 68.6 cm³/mol. The standard InChI is InChI=1S/C14H23NO/c1-4-10-16-13-8-6-12(7-9-13)14(15)11(3)5-2/h6-9,11,14H,4-5,10,15H2,1-3H3. The molecule has 0 aliphatic rings. The average Bonchev–Trinajstić information content (AvgIpc) is 2.35. The highest BCUT2D eigenvalue weighted by Gasteiger charge is 2.12. The van der Waals surface area contributed by atoms with Crippen LogP contribution >= 0.6 is 0 Å². The van der Waals surface area contributed by atoms with E-state index in [0.29, 0.717) is 5.92 Å². The zero-order valence-electron chi connectivity index (χ0n) is 10.6. The van der Waals surface area contributed by atoms with Crippen LogP contribution in [0.2, 0.25) is 0 Å². The van der Waals surface area contributed by atoms with Crippen molar-refractivity contribution in [2.45, 2.75) is 39.7 Å². The van der Waals surface area contributed by atoms with Gasteiger partial charge in [-0.25, -0.2) is 0 Å². The van der Waals surface area contributed by atoms with Gasteiger partial charge in [-0.2, -0.15) is 0 Å². The first-order valence-electron chi connectivity index (χ1n) is 6.17. The Kier molecular flexibility index (Phi) is 5.33. The first kappa shape index (κ1) is 13.0. The highest BCUT2D eigenvalue weighted by Crippen LogP contribution is 2.23. The first-order valence-corrected chi connectivity index (χ1v) is 6.17. The van der Waals surface area contributed by atoms with Gasteiger partial charge in [0.1, 0.15) is 5.75 Å². The molecule has 1 aromatic rings. The van der Waals surface area contributed by atoms with Gasteiger partial charge in [0, 0.05) is 6.04 Å². The van der Waals surface area contributed by atoms with E-state index in [4.69, 9.17) is 10.5 Å². The Labute approximate surface area is 98.8 Å². The van der Waals surface area contributed by atoms with Crippen molar-refractivity contribution in [1.29, 1.82) is 0 Å². The molecule has 1 aromatic carbocycles. The summed E-state index contributed by atoms with van der Waals surface area (Å²) in [6, 6.07) is 8.29. The lowest BCUT2D eigenvalue weighted by Gasteiger charge is -2.18. The zero-order valence-corrected chi connectivity index (χ0v) is 10.6. The van der Waals surface area contributed by atoms with Gasteiger partial charge >= 0.3 is 0 Å². The molecule has 0 heterocycles. The molecule has 0 saturated heterocycles. The Morgan fingerprint density at radius 3 is 2.31 bits per heavy atom. The smallest absolute Gasteiger partial charge is 0.119 e. The monoisotopic (exact) mass is 221 g/mol. The summed E-state index contributed by atoms with van der Waals surface area (Å²) >= 11 is 0. The van der Waals surface area contributed by atoms with Gasteiger partial charge in [0.05, 0.1) is 6.61 Å². The van der Waals surface area contributed by atoms with Crippen LogP contribution in [0.25, 0.3) is 0 Å². The Balaban J connectivity index is 2.63. The largest absolute Gasteiger partial charge is 0.494 e. The molecule has 0 aromatic heterocycles. The third kappa shape index (κ3) is 3.53. The summed E-state index contributed by atoms with van der Waals surface area (Å²) in [5.41, 5.74) is 7.35. The lowest BCUT2D eigenvalue weighted by molar-refractivity contribution is 0.317. The van der Waals surface area contributed by atoms with E-state index in [0.717, 1.165) is 25.2 Å². The third-order valence-corrected chi connectivity index (χ3v) is 2.99. The van der Waals surface area contributed by atoms with Gasteiger partial charge in [-0.1, -0.05) is 39.3 Å². The molecule has 2 nitrogen and oxygen atoms in total. The van der Waals surface area contributed by atoms with Gasteiger partial charge in [0.2, 0.25) is 0 Å². The molecule has 0 bridgehead atoms. The molecular formula is C14H23NO. The van der Waals surface area contributed by atoms with Crippen molar-refractivity contribution in [3.05, 3.63) is 29.8 Å². The molecule has 16 heavy (non-hydrogen) atoms. The van der Waals surface area contributed by atoms with Crippen LogP contribution in [0.15, 0.2) is 24.3 Å². The summed E-state index contributed by atoms with van der Waals surface area (Å²) in [4.78, 5) is 0. The minimum absolute atomic E-state index is 0.130. The van der Waals surface area contributed by atoms with Gasteiger partial charge in [-0.05, 0) is 30.0 Å². The molecule has 2 unspecified atom stereocenters. The maximum Gasteiger partial charge on any atom is 0.119 e. The molecule has 1 rings (SSSR count). The zero-order chi connectivity index (χ0) is 12.0. The van der Waals surface area contributed by atoms with Crippen LogP contribution in [-0.4, -0.2) is 6.61 Å². The number of hydrogen-bond acceptors (Lipinski definition) is 2. The van der Waals surface area contributed by atoms with Crippen molar-refractivity contribution in [1.82, 2.24) is 0 Å². The van der Waals surface area contributed by atoms with Crippen LogP contribution in [0.3, 0.4) is 0 Å². The summed E-state index contributed by atoms with van der Waals surface area (Å²) < 4.78 is 5.54. The third-order valence-electron chi connectivity index (χ3n) is 2.99. The Morgan fingerprint density at radius 2 is 1.81 bits per heavy atom. The highest BCUT2D eigenvalue weighted by molar-refractivity contribution is 5.29. The fourth-order valence-corrected chi connectivity index (χ4v) is 1.59. The summed E-state index contributed by atoms with van der Waals surface area (Å²) in [6.45, 7) is 7.24. The Hall–Kier alpha value is -1.02. The van der Waals surface area contributed by atoms with Crippen molar-refractivity contribution in [2.75, 3.05) is 6.61 Å². The van der Waals surface area contributed by atoms with Gasteiger partial charge in [0.25, 0.3) is 0 Å². The van der Waals surface area contributed by atoms with Crippen molar-refractivity contribution in [2.24, 2.45) is 11.7 Å². The lowest BCUT2D eigenvalue weighted by Crippen LogP contribution is -2.18. The van der Waals surface area contributed by atoms with Crippen molar-refractivity contribution >= 4 is 0 Å². The molecule has 2 N–H and O–H groups in total. The molecule has 0 aliphatic heterocycles. The van der Waals surface area contributed by atoms with Crippen molar-refractivity contribution < 1.29 is 4.74 Å². The van der Waals surface area contributed by atoms with E-state index in [2.05, 4.69) is 32.9 Å². The van der Waals surface area contributed by atoms with E-state index in [1.165, 1.54) is 5.56 Å². The molecule has 0 amide bonds. The van der Waals surface area contributed by atoms with Gasteiger partial charge in [-0.3, -0.25) is 0 Å². The maximum atomic E-state index is 6.16. The van der Waals surface area contributed by atoms with E-state index < -0.39 is 0 Å². The number of rotatable bonds is 6. The van der Waals surface area contributed by atoms with Crippen molar-refractivity contribution in [3.63, 3.8) is 0 Å². The van der Waals surface area contributed by atoms with Gasteiger partial charge < -0.3 is 10.5 Å². The van der Waals surface area contributed by atoms with Crippen LogP contribution in [0.1, 0.15) is 45.2 Å². The van der Waals surface area contributed by atoms with E-state index in [-0.39, 0.29) is 6.04 Å². The second kappa shape index (κ2) is 6.54. The molecule has 90 valence electrons. The number of hydrogen-bond donors (Lipinski definition) is 1. The highest BCUT2D eigenvalue weighted by atomic mass is 16.5. The summed E-state index contributed by atoms with van der Waals surface area (Å²) in [7, 11) is 0. The Bertz CT molecular complexity index is 294. The molecule has 2 heteroatoms. The molecule has 0 saturated carbocycles. The Morgan fingerprint density at radius 1 is 1.19 bits per heavy atom. The SMILES string of the molecule is CCCOc1ccc(C(N)C(C)CC)cc1. The maximum absolute atomic E-state index is 6.16. The molecule has 2 atom stereocenters. The predicted octanol–water partition coefficient (Wildman–Crippen LogP) is 3.52. The molecular weight excluding hydrogens is 198 g/mol. The van der Waals surface area contributed by atoms with E-state index in [1.807, 2.05) is 12.1 Å². The van der Waals surface area contributed by atoms with E-state index in [1.54, 1.807) is 0 Å². The van der Waals surface area contributed by atoms with Crippen LogP contribution in [0, 0.1) is 5.92 Å². The summed E-state index contributed by atoms with van der Waals surface area (Å²) in [5, 5.41) is 0. The fraction of sp³-hybridized carbons (Fsp3) is 0.571. The van der Waals surface area contributed by atoms with E-state index in [9.17, 15) is 0 Å².